The molecular weight excluding hydrogens is 252 g/mol. The van der Waals surface area contributed by atoms with Crippen LogP contribution in [0.25, 0.3) is 0 Å². The molecule has 4 nitrogen and oxygen atoms in total. The van der Waals surface area contributed by atoms with Gasteiger partial charge in [0, 0.05) is 25.7 Å². The van der Waals surface area contributed by atoms with E-state index in [1.807, 2.05) is 0 Å². The van der Waals surface area contributed by atoms with Crippen LogP contribution in [0.4, 0.5) is 0 Å². The second-order valence-corrected chi connectivity index (χ2v) is 5.18. The number of hydrogen-bond acceptors (Lipinski definition) is 3. The van der Waals surface area contributed by atoms with Crippen LogP contribution in [0.2, 0.25) is 0 Å². The third-order valence-corrected chi connectivity index (χ3v) is 3.84. The highest BCUT2D eigenvalue weighted by atomic mass is 35.5. The van der Waals surface area contributed by atoms with Gasteiger partial charge in [-0.05, 0) is 51.1 Å². The van der Waals surface area contributed by atoms with E-state index in [-0.39, 0.29) is 24.2 Å². The molecule has 5 heteroatoms. The van der Waals surface area contributed by atoms with Crippen LogP contribution >= 0.6 is 12.4 Å². The molecule has 0 aromatic carbocycles. The van der Waals surface area contributed by atoms with Crippen molar-refractivity contribution in [3.05, 3.63) is 0 Å². The molecule has 18 heavy (non-hydrogen) atoms. The van der Waals surface area contributed by atoms with Crippen molar-refractivity contribution < 1.29 is 9.53 Å². The zero-order valence-corrected chi connectivity index (χ0v) is 11.8. The molecule has 2 aliphatic rings. The number of ether oxygens (including phenoxy) is 1. The van der Waals surface area contributed by atoms with Gasteiger partial charge in [-0.1, -0.05) is 0 Å². The van der Waals surface area contributed by atoms with Gasteiger partial charge in [0.05, 0.1) is 0 Å². The Hall–Kier alpha value is -0.320. The SMILES string of the molecule is Cl.O=C(NCCC1CCCNC1)C1CCOCC1. The fourth-order valence-corrected chi connectivity index (χ4v) is 2.67. The van der Waals surface area contributed by atoms with Crippen molar-refractivity contribution in [3.8, 4) is 0 Å². The minimum atomic E-state index is 0. The lowest BCUT2D eigenvalue weighted by atomic mass is 9.95. The molecule has 0 saturated carbocycles. The summed E-state index contributed by atoms with van der Waals surface area (Å²) < 4.78 is 5.26. The maximum absolute atomic E-state index is 11.9. The van der Waals surface area contributed by atoms with Crippen molar-refractivity contribution in [1.29, 1.82) is 0 Å². The van der Waals surface area contributed by atoms with Crippen LogP contribution in [0, 0.1) is 11.8 Å². The van der Waals surface area contributed by atoms with E-state index in [9.17, 15) is 4.79 Å². The van der Waals surface area contributed by atoms with Crippen molar-refractivity contribution in [3.63, 3.8) is 0 Å². The molecular formula is C13H25ClN2O2. The van der Waals surface area contributed by atoms with E-state index in [1.54, 1.807) is 0 Å². The first-order valence-corrected chi connectivity index (χ1v) is 6.92. The maximum Gasteiger partial charge on any atom is 0.223 e. The van der Waals surface area contributed by atoms with Gasteiger partial charge in [-0.3, -0.25) is 4.79 Å². The summed E-state index contributed by atoms with van der Waals surface area (Å²) in [5.74, 6) is 1.17. The van der Waals surface area contributed by atoms with E-state index in [4.69, 9.17) is 4.74 Å². The molecule has 1 unspecified atom stereocenters. The van der Waals surface area contributed by atoms with E-state index in [2.05, 4.69) is 10.6 Å². The van der Waals surface area contributed by atoms with Crippen LogP contribution in [0.1, 0.15) is 32.1 Å². The van der Waals surface area contributed by atoms with Crippen molar-refractivity contribution in [1.82, 2.24) is 10.6 Å². The van der Waals surface area contributed by atoms with Crippen LogP contribution in [0.5, 0.6) is 0 Å². The highest BCUT2D eigenvalue weighted by molar-refractivity contribution is 5.85. The summed E-state index contributed by atoms with van der Waals surface area (Å²) >= 11 is 0. The minimum Gasteiger partial charge on any atom is -0.381 e. The molecule has 0 radical (unpaired) electrons. The molecule has 2 heterocycles. The first-order valence-electron chi connectivity index (χ1n) is 6.92. The van der Waals surface area contributed by atoms with Crippen LogP contribution in [0.3, 0.4) is 0 Å². The number of halogens is 1. The summed E-state index contributed by atoms with van der Waals surface area (Å²) in [6.45, 7) is 4.59. The molecule has 2 saturated heterocycles. The Balaban J connectivity index is 0.00000162. The van der Waals surface area contributed by atoms with Crippen molar-refractivity contribution >= 4 is 18.3 Å². The normalized spacial score (nSPS) is 25.2. The van der Waals surface area contributed by atoms with E-state index < -0.39 is 0 Å². The van der Waals surface area contributed by atoms with Gasteiger partial charge in [0.2, 0.25) is 5.91 Å². The molecule has 0 aliphatic carbocycles. The summed E-state index contributed by atoms with van der Waals surface area (Å²) in [7, 11) is 0. The van der Waals surface area contributed by atoms with E-state index >= 15 is 0 Å². The summed E-state index contributed by atoms with van der Waals surface area (Å²) in [4.78, 5) is 11.9. The van der Waals surface area contributed by atoms with Gasteiger partial charge in [0.15, 0.2) is 0 Å². The number of rotatable bonds is 4. The smallest absolute Gasteiger partial charge is 0.223 e. The predicted molar refractivity (Wildman–Crippen MR) is 74.0 cm³/mol. The average Bonchev–Trinajstić information content (AvgIpc) is 2.41. The van der Waals surface area contributed by atoms with Crippen LogP contribution in [0.15, 0.2) is 0 Å². The number of amides is 1. The van der Waals surface area contributed by atoms with Crippen LogP contribution < -0.4 is 10.6 Å². The monoisotopic (exact) mass is 276 g/mol. The first-order chi connectivity index (χ1) is 8.36. The molecule has 0 aromatic heterocycles. The highest BCUT2D eigenvalue weighted by Crippen LogP contribution is 2.15. The lowest BCUT2D eigenvalue weighted by Crippen LogP contribution is -2.37. The highest BCUT2D eigenvalue weighted by Gasteiger charge is 2.21. The molecule has 2 N–H and O–H groups in total. The number of nitrogens with one attached hydrogen (secondary N) is 2. The van der Waals surface area contributed by atoms with E-state index in [0.29, 0.717) is 0 Å². The Morgan fingerprint density at radius 1 is 1.28 bits per heavy atom. The Morgan fingerprint density at radius 2 is 2.06 bits per heavy atom. The fraction of sp³-hybridized carbons (Fsp3) is 0.923. The quantitative estimate of drug-likeness (QED) is 0.815. The molecule has 0 aromatic rings. The number of carbonyl (C=O) groups excluding carboxylic acids is 1. The summed E-state index contributed by atoms with van der Waals surface area (Å²) in [6, 6.07) is 0. The Labute approximate surface area is 116 Å². The number of hydrogen-bond donors (Lipinski definition) is 2. The summed E-state index contributed by atoms with van der Waals surface area (Å²) in [5.41, 5.74) is 0. The van der Waals surface area contributed by atoms with Gasteiger partial charge in [-0.25, -0.2) is 0 Å². The van der Waals surface area contributed by atoms with E-state index in [1.165, 1.54) is 12.8 Å². The van der Waals surface area contributed by atoms with Crippen LogP contribution in [-0.4, -0.2) is 38.8 Å². The average molecular weight is 277 g/mol. The van der Waals surface area contributed by atoms with E-state index in [0.717, 1.165) is 58.0 Å². The maximum atomic E-state index is 11.9. The molecule has 0 spiro atoms. The Bertz CT molecular complexity index is 239. The van der Waals surface area contributed by atoms with Crippen molar-refractivity contribution in [2.45, 2.75) is 32.1 Å². The number of carbonyl (C=O) groups is 1. The lowest BCUT2D eigenvalue weighted by molar-refractivity contribution is -0.127. The largest absolute Gasteiger partial charge is 0.381 e. The second kappa shape index (κ2) is 8.73. The minimum absolute atomic E-state index is 0. The number of piperidine rings is 1. The summed E-state index contributed by atoms with van der Waals surface area (Å²) in [5, 5.41) is 6.48. The van der Waals surface area contributed by atoms with Gasteiger partial charge < -0.3 is 15.4 Å². The zero-order chi connectivity index (χ0) is 11.9. The Morgan fingerprint density at radius 3 is 2.72 bits per heavy atom. The molecule has 1 atom stereocenters. The molecule has 0 bridgehead atoms. The molecule has 2 rings (SSSR count). The van der Waals surface area contributed by atoms with Crippen molar-refractivity contribution in [2.75, 3.05) is 32.8 Å². The molecule has 106 valence electrons. The summed E-state index contributed by atoms with van der Waals surface area (Å²) in [6.07, 6.45) is 5.47. The second-order valence-electron chi connectivity index (χ2n) is 5.18. The lowest BCUT2D eigenvalue weighted by Gasteiger charge is -2.24. The van der Waals surface area contributed by atoms with Gasteiger partial charge >= 0.3 is 0 Å². The van der Waals surface area contributed by atoms with Gasteiger partial charge in [0.25, 0.3) is 0 Å². The topological polar surface area (TPSA) is 50.4 Å². The van der Waals surface area contributed by atoms with Gasteiger partial charge in [-0.2, -0.15) is 0 Å². The van der Waals surface area contributed by atoms with Crippen LogP contribution in [-0.2, 0) is 9.53 Å². The van der Waals surface area contributed by atoms with Gasteiger partial charge in [0.1, 0.15) is 0 Å². The fourth-order valence-electron chi connectivity index (χ4n) is 2.67. The predicted octanol–water partition coefficient (Wildman–Crippen LogP) is 1.34. The third kappa shape index (κ3) is 5.12. The van der Waals surface area contributed by atoms with Gasteiger partial charge in [-0.15, -0.1) is 12.4 Å². The van der Waals surface area contributed by atoms with Crippen molar-refractivity contribution in [2.24, 2.45) is 11.8 Å². The standard InChI is InChI=1S/C13H24N2O2.ClH/c16-13(12-4-8-17-9-5-12)15-7-3-11-2-1-6-14-10-11;/h11-12,14H,1-10H2,(H,15,16);1H. The molecule has 2 fully saturated rings. The first kappa shape index (κ1) is 15.7. The third-order valence-electron chi connectivity index (χ3n) is 3.84. The molecule has 2 aliphatic heterocycles. The zero-order valence-electron chi connectivity index (χ0n) is 11.0. The Kier molecular flexibility index (Phi) is 7.63. The molecule has 1 amide bonds.